The Labute approximate surface area is 293 Å². The van der Waals surface area contributed by atoms with E-state index in [4.69, 9.17) is 9.47 Å². The highest BCUT2D eigenvalue weighted by Gasteiger charge is 2.66. The summed E-state index contributed by atoms with van der Waals surface area (Å²) in [6, 6.07) is 3.69. The molecule has 4 aliphatic rings. The number of amides is 4. The molecule has 0 radical (unpaired) electrons. The van der Waals surface area contributed by atoms with Crippen LogP contribution in [0.15, 0.2) is 24.3 Å². The lowest BCUT2D eigenvalue weighted by atomic mass is 10.0. The zero-order chi connectivity index (χ0) is 36.7. The van der Waals surface area contributed by atoms with Gasteiger partial charge in [-0.3, -0.25) is 19.1 Å². The van der Waals surface area contributed by atoms with Crippen molar-refractivity contribution in [3.63, 3.8) is 0 Å². The summed E-state index contributed by atoms with van der Waals surface area (Å²) < 4.78 is 65.7. The first kappa shape index (κ1) is 36.4. The van der Waals surface area contributed by atoms with Crippen molar-refractivity contribution in [3.05, 3.63) is 24.3 Å². The molecule has 3 aliphatic carbocycles. The summed E-state index contributed by atoms with van der Waals surface area (Å²) in [7, 11) is -2.58. The molecule has 0 bridgehead atoms. The Morgan fingerprint density at radius 3 is 2.31 bits per heavy atom. The van der Waals surface area contributed by atoms with Gasteiger partial charge in [-0.1, -0.05) is 13.8 Å². The largest absolute Gasteiger partial charge is 0.497 e. The minimum Gasteiger partial charge on any atom is -0.497 e. The number of alkyl halides is 2. The molecule has 6 rings (SSSR count). The lowest BCUT2D eigenvalue weighted by Gasteiger charge is -2.31. The van der Waals surface area contributed by atoms with Gasteiger partial charge in [-0.25, -0.2) is 22.0 Å². The maximum absolute atomic E-state index is 14.2. The third-order valence-corrected chi connectivity index (χ3v) is 11.8. The van der Waals surface area contributed by atoms with Gasteiger partial charge in [0, 0.05) is 18.5 Å². The van der Waals surface area contributed by atoms with Crippen LogP contribution < -0.4 is 20.1 Å². The minimum absolute atomic E-state index is 0.106. The summed E-state index contributed by atoms with van der Waals surface area (Å²) in [4.78, 5) is 56.8. The van der Waals surface area contributed by atoms with E-state index in [1.807, 2.05) is 4.72 Å². The van der Waals surface area contributed by atoms with E-state index in [2.05, 4.69) is 26.0 Å². The van der Waals surface area contributed by atoms with E-state index in [1.54, 1.807) is 38.1 Å². The van der Waals surface area contributed by atoms with E-state index in [-0.39, 0.29) is 24.9 Å². The third kappa shape index (κ3) is 7.77. The standard InChI is InChI=1S/C32H42F2N8O8S/c1-17(2)25(35-31(46)50-21-6-4-5-7-21)29(44)41-16-19(42-38-27(37-40-42)18-8-10-20(49-3)11-9-18)14-24(41)28(43)36-32(15-23(32)26(33)34)30(45)39-51(47,48)22-12-13-22/h8-11,17,19,21-26H,4-7,12-16H2,1-3H3,(H,35,46)(H,36,43)(H,39,45)/t19-,23+,24?,25+,32-/m1/s1. The summed E-state index contributed by atoms with van der Waals surface area (Å²) in [6.07, 6.45) is -0.759. The quantitative estimate of drug-likeness (QED) is 0.271. The van der Waals surface area contributed by atoms with E-state index in [1.165, 1.54) is 16.8 Å². The number of sulfonamides is 1. The van der Waals surface area contributed by atoms with Crippen LogP contribution in [-0.4, -0.2) is 106 Å². The number of benzene rings is 1. The van der Waals surface area contributed by atoms with Gasteiger partial charge in [0.2, 0.25) is 34.1 Å². The molecule has 1 aromatic heterocycles. The average Bonchev–Trinajstić information content (AvgIpc) is 3.87. The lowest BCUT2D eigenvalue weighted by Crippen LogP contribution is -2.59. The van der Waals surface area contributed by atoms with Crippen molar-refractivity contribution in [2.75, 3.05) is 13.7 Å². The van der Waals surface area contributed by atoms with Gasteiger partial charge < -0.3 is 25.0 Å². The molecule has 51 heavy (non-hydrogen) atoms. The molecule has 278 valence electrons. The van der Waals surface area contributed by atoms with Crippen LogP contribution in [0.2, 0.25) is 0 Å². The van der Waals surface area contributed by atoms with Crippen molar-refractivity contribution in [1.29, 1.82) is 0 Å². The first-order valence-electron chi connectivity index (χ1n) is 17.1. The highest BCUT2D eigenvalue weighted by molar-refractivity contribution is 7.91. The van der Waals surface area contributed by atoms with Gasteiger partial charge in [0.25, 0.3) is 5.91 Å². The number of nitrogens with zero attached hydrogens (tertiary/aromatic N) is 5. The Morgan fingerprint density at radius 2 is 1.73 bits per heavy atom. The number of carbonyl (C=O) groups is 4. The molecule has 1 aliphatic heterocycles. The third-order valence-electron chi connectivity index (χ3n) is 10.0. The van der Waals surface area contributed by atoms with Gasteiger partial charge >= 0.3 is 6.09 Å². The smallest absolute Gasteiger partial charge is 0.408 e. The van der Waals surface area contributed by atoms with E-state index < -0.39 is 87.4 Å². The van der Waals surface area contributed by atoms with Crippen molar-refractivity contribution in [3.8, 4) is 17.1 Å². The Kier molecular flexibility index (Phi) is 10.2. The number of carbonyl (C=O) groups excluding carboxylic acids is 4. The summed E-state index contributed by atoms with van der Waals surface area (Å²) in [5.41, 5.74) is -1.58. The van der Waals surface area contributed by atoms with Gasteiger partial charge in [-0.15, -0.1) is 10.2 Å². The zero-order valence-electron chi connectivity index (χ0n) is 28.5. The second-order valence-corrected chi connectivity index (χ2v) is 16.0. The van der Waals surface area contributed by atoms with Gasteiger partial charge in [-0.05, 0) is 80.3 Å². The Bertz CT molecular complexity index is 1750. The second-order valence-electron chi connectivity index (χ2n) is 14.0. The number of hydrogen-bond donors (Lipinski definition) is 3. The highest BCUT2D eigenvalue weighted by atomic mass is 32.2. The maximum Gasteiger partial charge on any atom is 0.408 e. The maximum atomic E-state index is 14.2. The molecule has 16 nitrogen and oxygen atoms in total. The van der Waals surface area contributed by atoms with Gasteiger partial charge in [0.05, 0.1) is 24.3 Å². The number of halogens is 2. The fourth-order valence-electron chi connectivity index (χ4n) is 6.76. The summed E-state index contributed by atoms with van der Waals surface area (Å²) in [5, 5.41) is 17.0. The summed E-state index contributed by atoms with van der Waals surface area (Å²) >= 11 is 0. The monoisotopic (exact) mass is 736 g/mol. The van der Waals surface area contributed by atoms with E-state index in [0.29, 0.717) is 37.0 Å². The molecule has 1 unspecified atom stereocenters. The van der Waals surface area contributed by atoms with Crippen LogP contribution in [0.25, 0.3) is 11.4 Å². The first-order chi connectivity index (χ1) is 24.2. The fraction of sp³-hybridized carbons (Fsp3) is 0.656. The number of hydrogen-bond acceptors (Lipinski definition) is 11. The Morgan fingerprint density at radius 1 is 1.04 bits per heavy atom. The molecule has 2 aromatic rings. The number of likely N-dealkylation sites (tertiary alicyclic amines) is 1. The molecule has 1 aromatic carbocycles. The van der Waals surface area contributed by atoms with E-state index >= 15 is 0 Å². The number of methoxy groups -OCH3 is 1. The topological polar surface area (TPSA) is 204 Å². The molecule has 1 saturated heterocycles. The highest BCUT2D eigenvalue weighted by Crippen LogP contribution is 2.48. The van der Waals surface area contributed by atoms with Crippen molar-refractivity contribution in [2.24, 2.45) is 11.8 Å². The second kappa shape index (κ2) is 14.3. The van der Waals surface area contributed by atoms with Crippen LogP contribution >= 0.6 is 0 Å². The van der Waals surface area contributed by atoms with Gasteiger partial charge in [0.1, 0.15) is 29.5 Å². The number of tetrazole rings is 1. The SMILES string of the molecule is COc1ccc(-c2nnn([C@@H]3CC(C(=O)N[C@]4(C(=O)NS(=O)(=O)C5CC5)C[C@H]4C(F)F)N(C(=O)[C@@H](NC(=O)OC4CCCC4)C(C)C)C3)n2)cc1. The van der Waals surface area contributed by atoms with Crippen LogP contribution in [0.4, 0.5) is 13.6 Å². The predicted octanol–water partition coefficient (Wildman–Crippen LogP) is 1.93. The van der Waals surface area contributed by atoms with Gasteiger partial charge in [0.15, 0.2) is 0 Å². The van der Waals surface area contributed by atoms with Crippen LogP contribution in [0.3, 0.4) is 0 Å². The molecule has 3 saturated carbocycles. The molecule has 4 amide bonds. The lowest BCUT2D eigenvalue weighted by molar-refractivity contribution is -0.142. The minimum atomic E-state index is -4.11. The fourth-order valence-corrected chi connectivity index (χ4v) is 8.12. The molecule has 4 fully saturated rings. The van der Waals surface area contributed by atoms with E-state index in [9.17, 15) is 36.4 Å². The normalized spacial score (nSPS) is 25.5. The number of aromatic nitrogens is 4. The Balaban J connectivity index is 1.25. The number of ether oxygens (including phenoxy) is 2. The van der Waals surface area contributed by atoms with E-state index in [0.717, 1.165) is 12.8 Å². The van der Waals surface area contributed by atoms with Crippen LogP contribution in [-0.2, 0) is 29.1 Å². The molecule has 3 N–H and O–H groups in total. The molecular formula is C32H42F2N8O8S. The predicted molar refractivity (Wildman–Crippen MR) is 175 cm³/mol. The van der Waals surface area contributed by atoms with Crippen LogP contribution in [0.5, 0.6) is 5.75 Å². The molecule has 5 atom stereocenters. The first-order valence-corrected chi connectivity index (χ1v) is 18.6. The summed E-state index contributed by atoms with van der Waals surface area (Å²) in [6.45, 7) is 3.28. The van der Waals surface area contributed by atoms with Gasteiger partial charge in [-0.2, -0.15) is 4.80 Å². The van der Waals surface area contributed by atoms with Crippen molar-refractivity contribution in [1.82, 2.24) is 40.5 Å². The number of rotatable bonds is 13. The van der Waals surface area contributed by atoms with Crippen LogP contribution in [0, 0.1) is 11.8 Å². The van der Waals surface area contributed by atoms with Crippen molar-refractivity contribution < 1.29 is 45.9 Å². The van der Waals surface area contributed by atoms with Crippen molar-refractivity contribution >= 4 is 33.8 Å². The molecule has 19 heteroatoms. The average molecular weight is 737 g/mol. The molecular weight excluding hydrogens is 694 g/mol. The zero-order valence-corrected chi connectivity index (χ0v) is 29.3. The number of nitrogens with one attached hydrogen (secondary N) is 3. The van der Waals surface area contributed by atoms with Crippen LogP contribution in [0.1, 0.15) is 71.3 Å². The summed E-state index contributed by atoms with van der Waals surface area (Å²) in [5.74, 6) is -4.08. The molecule has 2 heterocycles. The molecule has 0 spiro atoms. The Hall–Kier alpha value is -4.42. The number of alkyl carbamates (subject to hydrolysis) is 1. The van der Waals surface area contributed by atoms with Crippen molar-refractivity contribution in [2.45, 2.75) is 107 Å².